The number of carbonyl (C=O) groups is 2. The number of benzene rings is 2. The molecule has 0 spiro atoms. The summed E-state index contributed by atoms with van der Waals surface area (Å²) in [7, 11) is 1.60. The molecule has 0 radical (unpaired) electrons. The largest absolute Gasteiger partial charge is 0.507 e. The Balaban J connectivity index is 1.78. The summed E-state index contributed by atoms with van der Waals surface area (Å²) in [6.45, 7) is 6.67. The Morgan fingerprint density at radius 3 is 2.34 bits per heavy atom. The van der Waals surface area contributed by atoms with E-state index in [9.17, 15) is 14.7 Å². The number of rotatable bonds is 7. The second kappa shape index (κ2) is 10.5. The van der Waals surface area contributed by atoms with Crippen molar-refractivity contribution in [2.45, 2.75) is 65.0 Å². The summed E-state index contributed by atoms with van der Waals surface area (Å²) in [4.78, 5) is 28.4. The molecule has 1 N–H and O–H groups in total. The van der Waals surface area contributed by atoms with E-state index in [0.717, 1.165) is 49.0 Å². The standard InChI is InChI=1S/C29H35NO5/c1-18(2)17-35-24-15-12-21(16-19(24)3)27(31)25-26(20-10-13-23(34-4)14-11-20)30(29(33)28(25)32)22-8-6-5-7-9-22/h10-16,18,22,26,31H,5-9,17H2,1-4H3/b27-25-. The summed E-state index contributed by atoms with van der Waals surface area (Å²) >= 11 is 0. The van der Waals surface area contributed by atoms with Crippen LogP contribution in [0.15, 0.2) is 48.0 Å². The number of aliphatic hydroxyl groups excluding tert-OH is 1. The number of hydrogen-bond acceptors (Lipinski definition) is 5. The molecule has 2 aromatic carbocycles. The first-order valence-corrected chi connectivity index (χ1v) is 12.5. The lowest BCUT2D eigenvalue weighted by molar-refractivity contribution is -0.141. The maximum Gasteiger partial charge on any atom is 0.295 e. The van der Waals surface area contributed by atoms with Crippen molar-refractivity contribution in [2.75, 3.05) is 13.7 Å². The van der Waals surface area contributed by atoms with Crippen LogP contribution in [0.3, 0.4) is 0 Å². The van der Waals surface area contributed by atoms with Gasteiger partial charge in [0.05, 0.1) is 25.3 Å². The Morgan fingerprint density at radius 1 is 1.06 bits per heavy atom. The third kappa shape index (κ3) is 5.07. The summed E-state index contributed by atoms with van der Waals surface area (Å²) in [5, 5.41) is 11.4. The first-order chi connectivity index (χ1) is 16.8. The van der Waals surface area contributed by atoms with E-state index in [4.69, 9.17) is 9.47 Å². The van der Waals surface area contributed by atoms with Crippen molar-refractivity contribution in [3.05, 3.63) is 64.7 Å². The normalized spacial score (nSPS) is 20.5. The number of aliphatic hydroxyl groups is 1. The third-order valence-electron chi connectivity index (χ3n) is 6.90. The minimum atomic E-state index is -0.638. The van der Waals surface area contributed by atoms with E-state index in [2.05, 4.69) is 13.8 Å². The second-order valence-corrected chi connectivity index (χ2v) is 9.96. The summed E-state index contributed by atoms with van der Waals surface area (Å²) in [6, 6.07) is 12.1. The van der Waals surface area contributed by atoms with Crippen molar-refractivity contribution < 1.29 is 24.2 Å². The molecule has 35 heavy (non-hydrogen) atoms. The van der Waals surface area contributed by atoms with Gasteiger partial charge >= 0.3 is 0 Å². The molecular weight excluding hydrogens is 442 g/mol. The second-order valence-electron chi connectivity index (χ2n) is 9.96. The number of Topliss-reactive ketones (excluding diaryl/α,β-unsaturated/α-hetero) is 1. The van der Waals surface area contributed by atoms with E-state index in [-0.39, 0.29) is 17.4 Å². The number of ketones is 1. The van der Waals surface area contributed by atoms with Gasteiger partial charge in [-0.15, -0.1) is 0 Å². The number of ether oxygens (including phenoxy) is 2. The van der Waals surface area contributed by atoms with Crippen LogP contribution in [0, 0.1) is 12.8 Å². The predicted molar refractivity (Wildman–Crippen MR) is 136 cm³/mol. The Bertz CT molecular complexity index is 1110. The fraction of sp³-hybridized carbons (Fsp3) is 0.448. The zero-order valence-electron chi connectivity index (χ0n) is 21.0. The van der Waals surface area contributed by atoms with Crippen LogP contribution in [0.25, 0.3) is 5.76 Å². The van der Waals surface area contributed by atoms with Gasteiger partial charge < -0.3 is 19.5 Å². The average Bonchev–Trinajstić information content (AvgIpc) is 3.13. The van der Waals surface area contributed by atoms with Crippen molar-refractivity contribution >= 4 is 17.4 Å². The lowest BCUT2D eigenvalue weighted by Crippen LogP contribution is -2.40. The van der Waals surface area contributed by atoms with Gasteiger partial charge in [0.1, 0.15) is 17.3 Å². The lowest BCUT2D eigenvalue weighted by Gasteiger charge is -2.35. The maximum absolute atomic E-state index is 13.4. The number of methoxy groups -OCH3 is 1. The molecule has 186 valence electrons. The number of amides is 1. The number of likely N-dealkylation sites (tertiary alicyclic amines) is 1. The molecule has 6 heteroatoms. The Kier molecular flexibility index (Phi) is 7.48. The first kappa shape index (κ1) is 24.8. The number of hydrogen-bond donors (Lipinski definition) is 1. The summed E-state index contributed by atoms with van der Waals surface area (Å²) in [5.74, 6) is 0.504. The van der Waals surface area contributed by atoms with Crippen LogP contribution in [-0.2, 0) is 9.59 Å². The van der Waals surface area contributed by atoms with Crippen molar-refractivity contribution in [1.29, 1.82) is 0 Å². The molecule has 1 saturated carbocycles. The van der Waals surface area contributed by atoms with Gasteiger partial charge in [-0.1, -0.05) is 45.2 Å². The van der Waals surface area contributed by atoms with Gasteiger partial charge in [0.2, 0.25) is 0 Å². The minimum absolute atomic E-state index is 0.0221. The molecule has 0 aromatic heterocycles. The predicted octanol–water partition coefficient (Wildman–Crippen LogP) is 5.79. The fourth-order valence-corrected chi connectivity index (χ4v) is 5.07. The Labute approximate surface area is 207 Å². The van der Waals surface area contributed by atoms with Crippen LogP contribution in [0.1, 0.15) is 68.7 Å². The van der Waals surface area contributed by atoms with Crippen LogP contribution in [-0.4, -0.2) is 41.5 Å². The van der Waals surface area contributed by atoms with E-state index in [0.29, 0.717) is 23.8 Å². The molecule has 1 heterocycles. The molecule has 1 unspecified atom stereocenters. The number of aryl methyl sites for hydroxylation is 1. The lowest BCUT2D eigenvalue weighted by atomic mass is 9.91. The van der Waals surface area contributed by atoms with Gasteiger partial charge in [-0.25, -0.2) is 0 Å². The zero-order valence-corrected chi connectivity index (χ0v) is 21.0. The Hall–Kier alpha value is -3.28. The van der Waals surface area contributed by atoms with E-state index in [1.54, 1.807) is 18.1 Å². The van der Waals surface area contributed by atoms with E-state index in [1.807, 2.05) is 43.3 Å². The molecule has 0 bridgehead atoms. The quantitative estimate of drug-likeness (QED) is 0.310. The van der Waals surface area contributed by atoms with E-state index < -0.39 is 17.7 Å². The van der Waals surface area contributed by atoms with Crippen molar-refractivity contribution in [1.82, 2.24) is 4.90 Å². The SMILES string of the molecule is COc1ccc(C2/C(=C(/O)c3ccc(OCC(C)C)c(C)c3)C(=O)C(=O)N2C2CCCCC2)cc1. The van der Waals surface area contributed by atoms with Gasteiger partial charge in [0.15, 0.2) is 0 Å². The number of nitrogens with zero attached hydrogens (tertiary/aromatic N) is 1. The molecule has 1 aliphatic heterocycles. The van der Waals surface area contributed by atoms with Crippen LogP contribution in [0.5, 0.6) is 11.5 Å². The third-order valence-corrected chi connectivity index (χ3v) is 6.90. The topological polar surface area (TPSA) is 76.1 Å². The molecule has 6 nitrogen and oxygen atoms in total. The van der Waals surface area contributed by atoms with Crippen molar-refractivity contribution in [3.8, 4) is 11.5 Å². The van der Waals surface area contributed by atoms with Crippen LogP contribution in [0.2, 0.25) is 0 Å². The molecule has 1 atom stereocenters. The van der Waals surface area contributed by atoms with Gasteiger partial charge in [-0.3, -0.25) is 9.59 Å². The fourth-order valence-electron chi connectivity index (χ4n) is 5.07. The molecule has 2 aliphatic rings. The van der Waals surface area contributed by atoms with Crippen molar-refractivity contribution in [2.24, 2.45) is 5.92 Å². The molecule has 2 aromatic rings. The Morgan fingerprint density at radius 2 is 1.74 bits per heavy atom. The van der Waals surface area contributed by atoms with Gasteiger partial charge in [0, 0.05) is 11.6 Å². The monoisotopic (exact) mass is 477 g/mol. The maximum atomic E-state index is 13.4. The zero-order chi connectivity index (χ0) is 25.1. The van der Waals surface area contributed by atoms with E-state index in [1.165, 1.54) is 0 Å². The molecule has 1 amide bonds. The summed E-state index contributed by atoms with van der Waals surface area (Å²) in [5.41, 5.74) is 2.28. The average molecular weight is 478 g/mol. The summed E-state index contributed by atoms with van der Waals surface area (Å²) < 4.78 is 11.2. The highest BCUT2D eigenvalue weighted by atomic mass is 16.5. The molecule has 2 fully saturated rings. The molecule has 1 aliphatic carbocycles. The first-order valence-electron chi connectivity index (χ1n) is 12.5. The van der Waals surface area contributed by atoms with Crippen LogP contribution < -0.4 is 9.47 Å². The van der Waals surface area contributed by atoms with E-state index >= 15 is 0 Å². The van der Waals surface area contributed by atoms with Gasteiger partial charge in [-0.05, 0) is 67.1 Å². The highest BCUT2D eigenvalue weighted by Gasteiger charge is 2.48. The minimum Gasteiger partial charge on any atom is -0.507 e. The van der Waals surface area contributed by atoms with Crippen LogP contribution >= 0.6 is 0 Å². The highest BCUT2D eigenvalue weighted by Crippen LogP contribution is 2.43. The number of carbonyl (C=O) groups excluding carboxylic acids is 2. The molecule has 4 rings (SSSR count). The molecular formula is C29H35NO5. The molecule has 1 saturated heterocycles. The van der Waals surface area contributed by atoms with Crippen LogP contribution in [0.4, 0.5) is 0 Å². The van der Waals surface area contributed by atoms with Gasteiger partial charge in [-0.2, -0.15) is 0 Å². The highest BCUT2D eigenvalue weighted by molar-refractivity contribution is 6.46. The van der Waals surface area contributed by atoms with Gasteiger partial charge in [0.25, 0.3) is 11.7 Å². The summed E-state index contributed by atoms with van der Waals surface area (Å²) in [6.07, 6.45) is 4.92. The van der Waals surface area contributed by atoms with Crippen molar-refractivity contribution in [3.63, 3.8) is 0 Å². The smallest absolute Gasteiger partial charge is 0.295 e.